The Hall–Kier alpha value is -4.05. The minimum Gasteiger partial charge on any atom is -0.397 e. The highest BCUT2D eigenvalue weighted by molar-refractivity contribution is 5.96. The topological polar surface area (TPSA) is 55.9 Å². The molecule has 162 valence electrons. The van der Waals surface area contributed by atoms with E-state index in [-0.39, 0.29) is 0 Å². The molecule has 0 atom stereocenters. The molecule has 0 bridgehead atoms. The van der Waals surface area contributed by atoms with Crippen molar-refractivity contribution in [1.29, 1.82) is 0 Å². The molecule has 0 aliphatic carbocycles. The lowest BCUT2D eigenvalue weighted by Crippen LogP contribution is -2.10. The third-order valence-electron chi connectivity index (χ3n) is 6.52. The molecule has 0 saturated carbocycles. The number of aromatic nitrogens is 2. The Morgan fingerprint density at radius 3 is 2.09 bits per heavy atom. The van der Waals surface area contributed by atoms with Gasteiger partial charge in [-0.3, -0.25) is 0 Å². The van der Waals surface area contributed by atoms with Gasteiger partial charge in [0.2, 0.25) is 0 Å². The first-order valence-corrected chi connectivity index (χ1v) is 11.6. The maximum atomic E-state index is 6.56. The summed E-state index contributed by atoms with van der Waals surface area (Å²) in [6.07, 6.45) is 3.43. The van der Waals surface area contributed by atoms with Crippen LogP contribution in [0.2, 0.25) is 0 Å². The highest BCUT2D eigenvalue weighted by Crippen LogP contribution is 2.40. The molecular weight excluding hydrogens is 404 g/mol. The van der Waals surface area contributed by atoms with Gasteiger partial charge in [-0.15, -0.1) is 0 Å². The van der Waals surface area contributed by atoms with E-state index in [1.54, 1.807) is 0 Å². The van der Waals surface area contributed by atoms with Crippen molar-refractivity contribution in [2.45, 2.75) is 25.8 Å². The van der Waals surface area contributed by atoms with Crippen LogP contribution in [0, 0.1) is 0 Å². The number of nitrogens with two attached hydrogens (primary N) is 1. The molecule has 0 unspecified atom stereocenters. The zero-order valence-corrected chi connectivity index (χ0v) is 18.5. The van der Waals surface area contributed by atoms with Crippen molar-refractivity contribution in [2.24, 2.45) is 0 Å². The first kappa shape index (κ1) is 19.6. The highest BCUT2D eigenvalue weighted by Gasteiger charge is 2.18. The average molecular weight is 431 g/mol. The summed E-state index contributed by atoms with van der Waals surface area (Å²) in [5.41, 5.74) is 16.0. The van der Waals surface area contributed by atoms with E-state index < -0.39 is 0 Å². The van der Waals surface area contributed by atoms with Crippen LogP contribution >= 0.6 is 0 Å². The maximum absolute atomic E-state index is 6.56. The van der Waals surface area contributed by atoms with E-state index in [2.05, 4.69) is 82.7 Å². The quantitative estimate of drug-likeness (QED) is 0.301. The summed E-state index contributed by atoms with van der Waals surface area (Å²) in [5.74, 6) is 1.17. The van der Waals surface area contributed by atoms with Gasteiger partial charge in [0.05, 0.1) is 28.1 Å². The molecule has 0 amide bonds. The second-order valence-electron chi connectivity index (χ2n) is 8.65. The molecule has 1 aliphatic rings. The number of hydrogen-bond donors (Lipinski definition) is 2. The van der Waals surface area contributed by atoms with Crippen molar-refractivity contribution in [3.05, 3.63) is 96.8 Å². The molecule has 0 radical (unpaired) electrons. The SMILES string of the molecule is Nc1cc2nc3n(c2cc1Nc1c(-c2ccccc2)cccc1-c1ccccc1)CCCC3. The molecule has 3 N–H and O–H groups in total. The lowest BCUT2D eigenvalue weighted by atomic mass is 9.95. The first-order valence-electron chi connectivity index (χ1n) is 11.6. The summed E-state index contributed by atoms with van der Waals surface area (Å²) < 4.78 is 2.35. The Balaban J connectivity index is 1.53. The molecule has 4 heteroatoms. The zero-order valence-electron chi connectivity index (χ0n) is 18.5. The van der Waals surface area contributed by atoms with E-state index in [4.69, 9.17) is 10.7 Å². The third kappa shape index (κ3) is 3.54. The van der Waals surface area contributed by atoms with Gasteiger partial charge < -0.3 is 15.6 Å². The van der Waals surface area contributed by atoms with Crippen molar-refractivity contribution >= 4 is 28.1 Å². The van der Waals surface area contributed by atoms with E-state index in [1.165, 1.54) is 29.8 Å². The van der Waals surface area contributed by atoms with Crippen molar-refractivity contribution in [3.63, 3.8) is 0 Å². The number of imidazole rings is 1. The van der Waals surface area contributed by atoms with E-state index in [0.717, 1.165) is 46.5 Å². The monoisotopic (exact) mass is 430 g/mol. The first-order chi connectivity index (χ1) is 16.3. The van der Waals surface area contributed by atoms with Crippen LogP contribution < -0.4 is 11.1 Å². The van der Waals surface area contributed by atoms with E-state index in [9.17, 15) is 0 Å². The second-order valence-corrected chi connectivity index (χ2v) is 8.65. The molecule has 0 saturated heterocycles. The summed E-state index contributed by atoms with van der Waals surface area (Å²) in [6, 6.07) is 31.6. The Kier molecular flexibility index (Phi) is 4.84. The van der Waals surface area contributed by atoms with Gasteiger partial charge in [-0.2, -0.15) is 0 Å². The largest absolute Gasteiger partial charge is 0.397 e. The van der Waals surface area contributed by atoms with Crippen LogP contribution in [0.5, 0.6) is 0 Å². The molecule has 5 aromatic rings. The number of nitrogens with zero attached hydrogens (tertiary/aromatic N) is 2. The van der Waals surface area contributed by atoms with Crippen LogP contribution in [0.25, 0.3) is 33.3 Å². The van der Waals surface area contributed by atoms with Crippen LogP contribution in [0.1, 0.15) is 18.7 Å². The second kappa shape index (κ2) is 8.14. The van der Waals surface area contributed by atoms with Gasteiger partial charge in [0.1, 0.15) is 5.82 Å². The van der Waals surface area contributed by atoms with Crippen LogP contribution in [-0.4, -0.2) is 9.55 Å². The standard InChI is InChI=1S/C29H26N4/c30-24-18-26-27(33-17-8-7-16-28(33)31-26)19-25(24)32-29-22(20-10-3-1-4-11-20)14-9-15-23(29)21-12-5-2-6-13-21/h1-6,9-15,18-19,32H,7-8,16-17,30H2. The number of benzene rings is 4. The molecule has 2 heterocycles. The Morgan fingerprint density at radius 1 is 0.758 bits per heavy atom. The van der Waals surface area contributed by atoms with Crippen LogP contribution in [0.3, 0.4) is 0 Å². The fraction of sp³-hybridized carbons (Fsp3) is 0.138. The number of nitrogen functional groups attached to an aromatic ring is 1. The predicted molar refractivity (Wildman–Crippen MR) is 138 cm³/mol. The van der Waals surface area contributed by atoms with Gasteiger partial charge in [0.15, 0.2) is 0 Å². The van der Waals surface area contributed by atoms with Gasteiger partial charge in [0, 0.05) is 24.1 Å². The normalized spacial score (nSPS) is 13.1. The van der Waals surface area contributed by atoms with Crippen molar-refractivity contribution in [3.8, 4) is 22.3 Å². The number of hydrogen-bond acceptors (Lipinski definition) is 3. The van der Waals surface area contributed by atoms with Gasteiger partial charge in [-0.05, 0) is 36.1 Å². The molecule has 0 spiro atoms. The number of rotatable bonds is 4. The van der Waals surface area contributed by atoms with Crippen molar-refractivity contribution in [2.75, 3.05) is 11.1 Å². The minimum absolute atomic E-state index is 0.708. The van der Waals surface area contributed by atoms with Crippen molar-refractivity contribution < 1.29 is 0 Å². The van der Waals surface area contributed by atoms with Crippen molar-refractivity contribution in [1.82, 2.24) is 9.55 Å². The molecule has 1 aliphatic heterocycles. The van der Waals surface area contributed by atoms with Crippen LogP contribution in [-0.2, 0) is 13.0 Å². The summed E-state index contributed by atoms with van der Waals surface area (Å²) >= 11 is 0. The molecule has 4 aromatic carbocycles. The molecule has 33 heavy (non-hydrogen) atoms. The Labute approximate surface area is 193 Å². The molecule has 6 rings (SSSR count). The average Bonchev–Trinajstić information content (AvgIpc) is 3.22. The summed E-state index contributed by atoms with van der Waals surface area (Å²) in [6.45, 7) is 1.02. The van der Waals surface area contributed by atoms with Gasteiger partial charge >= 0.3 is 0 Å². The highest BCUT2D eigenvalue weighted by atomic mass is 15.1. The number of aryl methyl sites for hydroxylation is 2. The van der Waals surface area contributed by atoms with Gasteiger partial charge in [-0.1, -0.05) is 78.9 Å². The molecule has 4 nitrogen and oxygen atoms in total. The van der Waals surface area contributed by atoms with Gasteiger partial charge in [0.25, 0.3) is 0 Å². The molecule has 1 aromatic heterocycles. The molecular formula is C29H26N4. The predicted octanol–water partition coefficient (Wildman–Crippen LogP) is 7.03. The smallest absolute Gasteiger partial charge is 0.109 e. The van der Waals surface area contributed by atoms with Crippen LogP contribution in [0.15, 0.2) is 91.0 Å². The van der Waals surface area contributed by atoms with E-state index in [1.807, 2.05) is 18.2 Å². The number of anilines is 3. The summed E-state index contributed by atoms with van der Waals surface area (Å²) in [4.78, 5) is 4.85. The van der Waals surface area contributed by atoms with E-state index >= 15 is 0 Å². The minimum atomic E-state index is 0.708. The fourth-order valence-electron chi connectivity index (χ4n) is 4.88. The third-order valence-corrected chi connectivity index (χ3v) is 6.52. The fourth-order valence-corrected chi connectivity index (χ4v) is 4.88. The number of fused-ring (bicyclic) bond motifs is 3. The Morgan fingerprint density at radius 2 is 1.42 bits per heavy atom. The lowest BCUT2D eigenvalue weighted by molar-refractivity contribution is 0.533. The Bertz CT molecular complexity index is 1380. The lowest BCUT2D eigenvalue weighted by Gasteiger charge is -2.19. The summed E-state index contributed by atoms with van der Waals surface area (Å²) in [5, 5.41) is 3.73. The number of nitrogens with one attached hydrogen (secondary N) is 1. The van der Waals surface area contributed by atoms with Crippen LogP contribution in [0.4, 0.5) is 17.1 Å². The zero-order chi connectivity index (χ0) is 22.2. The van der Waals surface area contributed by atoms with E-state index in [0.29, 0.717) is 5.69 Å². The maximum Gasteiger partial charge on any atom is 0.109 e. The molecule has 0 fully saturated rings. The van der Waals surface area contributed by atoms with Gasteiger partial charge in [-0.25, -0.2) is 4.98 Å². The number of para-hydroxylation sites is 1. The summed E-state index contributed by atoms with van der Waals surface area (Å²) in [7, 11) is 0.